The van der Waals surface area contributed by atoms with Crippen molar-refractivity contribution >= 4 is 15.9 Å². The number of hydrogen-bond donors (Lipinski definition) is 2. The van der Waals surface area contributed by atoms with Crippen molar-refractivity contribution in [3.8, 4) is 5.75 Å². The zero-order valence-corrected chi connectivity index (χ0v) is 12.5. The van der Waals surface area contributed by atoms with E-state index in [2.05, 4.69) is 5.32 Å². The molecule has 1 aliphatic heterocycles. The Bertz CT molecular complexity index is 629. The second-order valence-corrected chi connectivity index (χ2v) is 6.16. The molecule has 8 heteroatoms. The van der Waals surface area contributed by atoms with E-state index >= 15 is 0 Å². The molecule has 0 aliphatic carbocycles. The quantitative estimate of drug-likeness (QED) is 0.717. The summed E-state index contributed by atoms with van der Waals surface area (Å²) >= 11 is 0. The van der Waals surface area contributed by atoms with E-state index in [4.69, 9.17) is 14.6 Å². The van der Waals surface area contributed by atoms with Crippen molar-refractivity contribution in [2.45, 2.75) is 17.7 Å². The molecule has 1 aromatic carbocycles. The predicted molar refractivity (Wildman–Crippen MR) is 75.6 cm³/mol. The lowest BCUT2D eigenvalue weighted by molar-refractivity contribution is -0.123. The molecule has 1 aromatic rings. The predicted octanol–water partition coefficient (Wildman–Crippen LogP) is -0.0373. The summed E-state index contributed by atoms with van der Waals surface area (Å²) < 4.78 is 33.3. The Morgan fingerprint density at radius 3 is 2.95 bits per heavy atom. The number of ether oxygens (including phenoxy) is 2. The maximum absolute atomic E-state index is 12.1. The van der Waals surface area contributed by atoms with Crippen molar-refractivity contribution in [2.75, 3.05) is 26.4 Å². The maximum Gasteiger partial charge on any atom is 0.238 e. The molecule has 0 bridgehead atoms. The standard InChI is InChI=1S/C13H18N2O5S/c1-2-19-6-5-15-13(16)11-8-20-12-4-3-9(7-10(11)12)21(14,17)18/h3-4,7,11H,2,5-6,8H2,1H3,(H,15,16)(H2,14,17,18). The number of fused-ring (bicyclic) bond motifs is 1. The van der Waals surface area contributed by atoms with Gasteiger partial charge in [-0.1, -0.05) is 0 Å². The van der Waals surface area contributed by atoms with Crippen molar-refractivity contribution in [3.05, 3.63) is 23.8 Å². The van der Waals surface area contributed by atoms with Gasteiger partial charge in [-0.05, 0) is 25.1 Å². The van der Waals surface area contributed by atoms with E-state index in [1.165, 1.54) is 18.2 Å². The first kappa shape index (κ1) is 15.7. The van der Waals surface area contributed by atoms with Gasteiger partial charge in [0.25, 0.3) is 0 Å². The Morgan fingerprint density at radius 2 is 2.29 bits per heavy atom. The minimum atomic E-state index is -3.81. The van der Waals surface area contributed by atoms with Gasteiger partial charge in [0.15, 0.2) is 0 Å². The number of amides is 1. The van der Waals surface area contributed by atoms with Gasteiger partial charge in [-0.15, -0.1) is 0 Å². The third-order valence-corrected chi connectivity index (χ3v) is 4.07. The third-order valence-electron chi connectivity index (χ3n) is 3.16. The van der Waals surface area contributed by atoms with Crippen LogP contribution in [0.15, 0.2) is 23.1 Å². The van der Waals surface area contributed by atoms with Crippen LogP contribution in [0.25, 0.3) is 0 Å². The minimum absolute atomic E-state index is 0.0288. The largest absolute Gasteiger partial charge is 0.492 e. The molecule has 0 spiro atoms. The smallest absolute Gasteiger partial charge is 0.238 e. The number of benzene rings is 1. The van der Waals surface area contributed by atoms with Crippen LogP contribution in [0.4, 0.5) is 0 Å². The topological polar surface area (TPSA) is 108 Å². The summed E-state index contributed by atoms with van der Waals surface area (Å²) in [5.41, 5.74) is 0.537. The zero-order valence-electron chi connectivity index (χ0n) is 11.7. The second kappa shape index (κ2) is 6.42. The molecule has 0 saturated carbocycles. The molecular formula is C13H18N2O5S. The molecule has 0 saturated heterocycles. The zero-order chi connectivity index (χ0) is 15.5. The molecule has 0 radical (unpaired) electrons. The fraction of sp³-hybridized carbons (Fsp3) is 0.462. The van der Waals surface area contributed by atoms with Crippen LogP contribution in [0, 0.1) is 0 Å². The summed E-state index contributed by atoms with van der Waals surface area (Å²) in [6.45, 7) is 3.47. The van der Waals surface area contributed by atoms with Gasteiger partial charge in [-0.2, -0.15) is 0 Å². The average Bonchev–Trinajstić information content (AvgIpc) is 2.85. The van der Waals surface area contributed by atoms with Crippen molar-refractivity contribution in [2.24, 2.45) is 5.14 Å². The number of nitrogens with two attached hydrogens (primary N) is 1. The third kappa shape index (κ3) is 3.72. The van der Waals surface area contributed by atoms with Gasteiger partial charge in [0.1, 0.15) is 18.3 Å². The lowest BCUT2D eigenvalue weighted by atomic mass is 10.0. The first-order valence-electron chi connectivity index (χ1n) is 6.58. The Labute approximate surface area is 123 Å². The molecule has 1 atom stereocenters. The highest BCUT2D eigenvalue weighted by atomic mass is 32.2. The Morgan fingerprint density at radius 1 is 1.52 bits per heavy atom. The van der Waals surface area contributed by atoms with Gasteiger partial charge < -0.3 is 14.8 Å². The van der Waals surface area contributed by atoms with E-state index in [1.54, 1.807) is 0 Å². The number of carbonyl (C=O) groups excluding carboxylic acids is 1. The van der Waals surface area contributed by atoms with Gasteiger partial charge in [-0.3, -0.25) is 4.79 Å². The Balaban J connectivity index is 2.11. The number of hydrogen-bond acceptors (Lipinski definition) is 5. The van der Waals surface area contributed by atoms with E-state index < -0.39 is 15.9 Å². The first-order valence-corrected chi connectivity index (χ1v) is 8.13. The molecule has 21 heavy (non-hydrogen) atoms. The van der Waals surface area contributed by atoms with E-state index in [1.807, 2.05) is 6.92 Å². The van der Waals surface area contributed by atoms with Crippen molar-refractivity contribution in [3.63, 3.8) is 0 Å². The molecule has 116 valence electrons. The second-order valence-electron chi connectivity index (χ2n) is 4.60. The van der Waals surface area contributed by atoms with E-state index in [0.717, 1.165) is 0 Å². The normalized spacial score (nSPS) is 17.1. The van der Waals surface area contributed by atoms with Crippen LogP contribution in [0.2, 0.25) is 0 Å². The number of rotatable bonds is 6. The summed E-state index contributed by atoms with van der Waals surface area (Å²) in [5, 5.41) is 7.83. The summed E-state index contributed by atoms with van der Waals surface area (Å²) in [4.78, 5) is 12.1. The number of sulfonamides is 1. The highest BCUT2D eigenvalue weighted by Crippen LogP contribution is 2.35. The summed E-state index contributed by atoms with van der Waals surface area (Å²) in [6, 6.07) is 4.27. The van der Waals surface area contributed by atoms with E-state index in [0.29, 0.717) is 31.1 Å². The van der Waals surface area contributed by atoms with E-state index in [9.17, 15) is 13.2 Å². The van der Waals surface area contributed by atoms with Gasteiger partial charge >= 0.3 is 0 Å². The van der Waals surface area contributed by atoms with Crippen LogP contribution in [-0.4, -0.2) is 40.7 Å². The van der Waals surface area contributed by atoms with Crippen molar-refractivity contribution in [1.29, 1.82) is 0 Å². The van der Waals surface area contributed by atoms with Gasteiger partial charge in [0, 0.05) is 18.7 Å². The minimum Gasteiger partial charge on any atom is -0.492 e. The molecule has 7 nitrogen and oxygen atoms in total. The maximum atomic E-state index is 12.1. The fourth-order valence-corrected chi connectivity index (χ4v) is 2.65. The molecule has 3 N–H and O–H groups in total. The molecule has 1 amide bonds. The van der Waals surface area contributed by atoms with Crippen LogP contribution in [0.5, 0.6) is 5.75 Å². The van der Waals surface area contributed by atoms with Crippen LogP contribution in [-0.2, 0) is 19.6 Å². The average molecular weight is 314 g/mol. The van der Waals surface area contributed by atoms with Gasteiger partial charge in [-0.25, -0.2) is 13.6 Å². The van der Waals surface area contributed by atoms with Crippen LogP contribution < -0.4 is 15.2 Å². The Hall–Kier alpha value is -1.64. The fourth-order valence-electron chi connectivity index (χ4n) is 2.10. The lowest BCUT2D eigenvalue weighted by Gasteiger charge is -2.10. The lowest BCUT2D eigenvalue weighted by Crippen LogP contribution is -2.32. The van der Waals surface area contributed by atoms with Gasteiger partial charge in [0.2, 0.25) is 15.9 Å². The molecular weight excluding hydrogens is 296 g/mol. The molecule has 0 fully saturated rings. The summed E-state index contributed by atoms with van der Waals surface area (Å²) in [5.74, 6) is -0.254. The highest BCUT2D eigenvalue weighted by molar-refractivity contribution is 7.89. The molecule has 1 unspecified atom stereocenters. The van der Waals surface area contributed by atoms with Crippen LogP contribution in [0.1, 0.15) is 18.4 Å². The number of primary sulfonamides is 1. The summed E-state index contributed by atoms with van der Waals surface area (Å²) in [6.07, 6.45) is 0. The molecule has 2 rings (SSSR count). The molecule has 1 aliphatic rings. The first-order chi connectivity index (χ1) is 9.93. The van der Waals surface area contributed by atoms with Crippen LogP contribution >= 0.6 is 0 Å². The number of carbonyl (C=O) groups is 1. The monoisotopic (exact) mass is 314 g/mol. The summed E-state index contributed by atoms with van der Waals surface area (Å²) in [7, 11) is -3.81. The Kier molecular flexibility index (Phi) is 4.81. The van der Waals surface area contributed by atoms with Crippen molar-refractivity contribution < 1.29 is 22.7 Å². The van der Waals surface area contributed by atoms with Crippen LogP contribution in [0.3, 0.4) is 0 Å². The number of nitrogens with one attached hydrogen (secondary N) is 1. The SMILES string of the molecule is CCOCCNC(=O)C1COc2ccc(S(N)(=O)=O)cc21. The highest BCUT2D eigenvalue weighted by Gasteiger charge is 2.31. The van der Waals surface area contributed by atoms with Crippen molar-refractivity contribution in [1.82, 2.24) is 5.32 Å². The molecule has 0 aromatic heterocycles. The van der Waals surface area contributed by atoms with Gasteiger partial charge in [0.05, 0.1) is 11.5 Å². The van der Waals surface area contributed by atoms with E-state index in [-0.39, 0.29) is 17.4 Å². The molecule has 1 heterocycles.